The monoisotopic (exact) mass is 634 g/mol. The standard InChI is InChI=1S/C31H46N4O8S/c1-31(2,3)43-30(39)33-25(29(38)35-19-12-17-26(35)27(32)36)16-11-6-4-5-10-15-23-21-24(23)28(37)34-44(40,41)42-20-18-22-13-8-7-9-14-22/h7-10,13-15,23-26H,4-6,11-12,16-21H2,1-3H3,(H2,32,36)(H,33,39)(H,34,37)/b15-10-/t23?,24-,25-,26-/m0/s1. The molecule has 12 nitrogen and oxygen atoms in total. The minimum Gasteiger partial charge on any atom is -0.444 e. The molecular weight excluding hydrogens is 588 g/mol. The molecule has 1 saturated heterocycles. The highest BCUT2D eigenvalue weighted by Gasteiger charge is 2.42. The number of hydrogen-bond acceptors (Lipinski definition) is 8. The zero-order valence-corrected chi connectivity index (χ0v) is 26.6. The Balaban J connectivity index is 1.37. The van der Waals surface area contributed by atoms with Crippen molar-refractivity contribution in [3.05, 3.63) is 48.0 Å². The Kier molecular flexibility index (Phi) is 12.8. The molecule has 244 valence electrons. The zero-order valence-electron chi connectivity index (χ0n) is 25.8. The van der Waals surface area contributed by atoms with Crippen molar-refractivity contribution in [2.24, 2.45) is 17.6 Å². The number of benzene rings is 1. The highest BCUT2D eigenvalue weighted by atomic mass is 32.2. The van der Waals surface area contributed by atoms with E-state index in [-0.39, 0.29) is 18.4 Å². The van der Waals surface area contributed by atoms with Gasteiger partial charge in [-0.15, -0.1) is 0 Å². The van der Waals surface area contributed by atoms with Crippen LogP contribution in [0.3, 0.4) is 0 Å². The van der Waals surface area contributed by atoms with Crippen molar-refractivity contribution >= 4 is 34.1 Å². The molecule has 1 aromatic rings. The van der Waals surface area contributed by atoms with E-state index in [0.29, 0.717) is 45.1 Å². The molecule has 0 aromatic heterocycles. The van der Waals surface area contributed by atoms with Crippen LogP contribution < -0.4 is 15.8 Å². The van der Waals surface area contributed by atoms with Crippen molar-refractivity contribution in [3.8, 4) is 0 Å². The third kappa shape index (κ3) is 11.9. The molecule has 1 unspecified atom stereocenters. The normalized spacial score (nSPS) is 20.7. The van der Waals surface area contributed by atoms with Crippen molar-refractivity contribution in [1.82, 2.24) is 14.9 Å². The third-order valence-corrected chi connectivity index (χ3v) is 8.40. The van der Waals surface area contributed by atoms with E-state index < -0.39 is 51.8 Å². The molecule has 1 saturated carbocycles. The van der Waals surface area contributed by atoms with Gasteiger partial charge in [0.25, 0.3) is 0 Å². The lowest BCUT2D eigenvalue weighted by Crippen LogP contribution is -2.53. The molecular formula is C31H46N4O8S. The Morgan fingerprint density at radius 3 is 2.52 bits per heavy atom. The highest BCUT2D eigenvalue weighted by molar-refractivity contribution is 7.85. The second-order valence-corrected chi connectivity index (χ2v) is 13.7. The lowest BCUT2D eigenvalue weighted by molar-refractivity contribution is -0.139. The van der Waals surface area contributed by atoms with Gasteiger partial charge in [-0.3, -0.25) is 18.6 Å². The van der Waals surface area contributed by atoms with Crippen LogP contribution in [-0.2, 0) is 40.0 Å². The molecule has 1 heterocycles. The second kappa shape index (κ2) is 16.0. The number of carbonyl (C=O) groups is 4. The minimum atomic E-state index is -4.17. The lowest BCUT2D eigenvalue weighted by Gasteiger charge is -2.28. The number of alkyl carbamates (subject to hydrolysis) is 1. The number of nitrogens with two attached hydrogens (primary N) is 1. The highest BCUT2D eigenvalue weighted by Crippen LogP contribution is 2.40. The smallest absolute Gasteiger partial charge is 0.408 e. The quantitative estimate of drug-likeness (QED) is 0.184. The minimum absolute atomic E-state index is 0.0202. The first-order valence-electron chi connectivity index (χ1n) is 15.3. The Morgan fingerprint density at radius 1 is 1.11 bits per heavy atom. The van der Waals surface area contributed by atoms with Gasteiger partial charge in [-0.1, -0.05) is 55.3 Å². The van der Waals surface area contributed by atoms with Gasteiger partial charge in [0, 0.05) is 12.5 Å². The number of likely N-dealkylation sites (tertiary alicyclic amines) is 1. The van der Waals surface area contributed by atoms with Crippen molar-refractivity contribution in [2.45, 2.75) is 96.2 Å². The predicted octanol–water partition coefficient (Wildman–Crippen LogP) is 3.12. The molecule has 4 N–H and O–H groups in total. The van der Waals surface area contributed by atoms with Crippen LogP contribution in [0.25, 0.3) is 0 Å². The molecule has 2 aliphatic rings. The molecule has 1 aliphatic carbocycles. The fourth-order valence-electron chi connectivity index (χ4n) is 5.16. The van der Waals surface area contributed by atoms with Crippen LogP contribution in [0.5, 0.6) is 0 Å². The van der Waals surface area contributed by atoms with E-state index in [1.54, 1.807) is 20.8 Å². The van der Waals surface area contributed by atoms with Crippen LogP contribution in [-0.4, -0.2) is 68.0 Å². The van der Waals surface area contributed by atoms with Crippen molar-refractivity contribution < 1.29 is 36.5 Å². The van der Waals surface area contributed by atoms with Gasteiger partial charge in [-0.2, -0.15) is 8.42 Å². The summed E-state index contributed by atoms with van der Waals surface area (Å²) < 4.78 is 36.5. The summed E-state index contributed by atoms with van der Waals surface area (Å²) in [6.07, 6.45) is 8.79. The Bertz CT molecular complexity index is 1280. The molecule has 4 amide bonds. The summed E-state index contributed by atoms with van der Waals surface area (Å²) >= 11 is 0. The van der Waals surface area contributed by atoms with E-state index in [1.807, 2.05) is 47.2 Å². The molecule has 0 bridgehead atoms. The molecule has 3 rings (SSSR count). The number of nitrogens with zero attached hydrogens (tertiary/aromatic N) is 1. The Morgan fingerprint density at radius 2 is 1.84 bits per heavy atom. The van der Waals surface area contributed by atoms with E-state index in [9.17, 15) is 27.6 Å². The summed E-state index contributed by atoms with van der Waals surface area (Å²) in [5, 5.41) is 2.68. The van der Waals surface area contributed by atoms with Gasteiger partial charge in [0.2, 0.25) is 17.7 Å². The van der Waals surface area contributed by atoms with E-state index in [4.69, 9.17) is 14.7 Å². The summed E-state index contributed by atoms with van der Waals surface area (Å²) in [7, 11) is -4.17. The molecule has 0 spiro atoms. The average molecular weight is 635 g/mol. The van der Waals surface area contributed by atoms with Crippen LogP contribution in [0.4, 0.5) is 4.79 Å². The summed E-state index contributed by atoms with van der Waals surface area (Å²) in [5.74, 6) is -1.88. The molecule has 4 atom stereocenters. The van der Waals surface area contributed by atoms with Crippen LogP contribution >= 0.6 is 0 Å². The molecule has 13 heteroatoms. The summed E-state index contributed by atoms with van der Waals surface area (Å²) in [6, 6.07) is 7.82. The number of allylic oxidation sites excluding steroid dienone is 2. The molecule has 1 aliphatic heterocycles. The first kappa shape index (κ1) is 35.0. The summed E-state index contributed by atoms with van der Waals surface area (Å²) in [6.45, 7) is 5.57. The number of unbranched alkanes of at least 4 members (excludes halogenated alkanes) is 3. The van der Waals surface area contributed by atoms with E-state index in [1.165, 1.54) is 4.90 Å². The van der Waals surface area contributed by atoms with Gasteiger partial charge in [0.1, 0.15) is 17.7 Å². The van der Waals surface area contributed by atoms with E-state index in [2.05, 4.69) is 5.32 Å². The van der Waals surface area contributed by atoms with Gasteiger partial charge < -0.3 is 20.7 Å². The summed E-state index contributed by atoms with van der Waals surface area (Å²) in [5.41, 5.74) is 5.70. The van der Waals surface area contributed by atoms with Gasteiger partial charge in [0.15, 0.2) is 0 Å². The summed E-state index contributed by atoms with van der Waals surface area (Å²) in [4.78, 5) is 51.3. The number of amides is 4. The largest absolute Gasteiger partial charge is 0.444 e. The lowest BCUT2D eigenvalue weighted by atomic mass is 10.0. The fourth-order valence-corrected chi connectivity index (χ4v) is 5.92. The number of ether oxygens (including phenoxy) is 1. The molecule has 44 heavy (non-hydrogen) atoms. The van der Waals surface area contributed by atoms with Crippen LogP contribution in [0.15, 0.2) is 42.5 Å². The van der Waals surface area contributed by atoms with Gasteiger partial charge in [0.05, 0.1) is 6.61 Å². The van der Waals surface area contributed by atoms with E-state index in [0.717, 1.165) is 24.8 Å². The first-order chi connectivity index (χ1) is 20.8. The van der Waals surface area contributed by atoms with Gasteiger partial charge in [-0.25, -0.2) is 9.52 Å². The van der Waals surface area contributed by atoms with Crippen molar-refractivity contribution in [1.29, 1.82) is 0 Å². The maximum Gasteiger partial charge on any atom is 0.408 e. The maximum absolute atomic E-state index is 13.3. The third-order valence-electron chi connectivity index (χ3n) is 7.47. The van der Waals surface area contributed by atoms with Crippen molar-refractivity contribution in [3.63, 3.8) is 0 Å². The van der Waals surface area contributed by atoms with Crippen molar-refractivity contribution in [2.75, 3.05) is 13.2 Å². The van der Waals surface area contributed by atoms with Crippen LogP contribution in [0.1, 0.15) is 77.7 Å². The number of carbonyl (C=O) groups excluding carboxylic acids is 4. The first-order valence-corrected chi connectivity index (χ1v) is 16.7. The number of hydrogen-bond donors (Lipinski definition) is 3. The topological polar surface area (TPSA) is 174 Å². The predicted molar refractivity (Wildman–Crippen MR) is 164 cm³/mol. The second-order valence-electron chi connectivity index (χ2n) is 12.3. The van der Waals surface area contributed by atoms with E-state index >= 15 is 0 Å². The fraction of sp³-hybridized carbons (Fsp3) is 0.613. The molecule has 1 aromatic carbocycles. The molecule has 0 radical (unpaired) electrons. The Labute approximate surface area is 260 Å². The number of primary amides is 1. The number of nitrogens with one attached hydrogen (secondary N) is 2. The molecule has 2 fully saturated rings. The number of rotatable bonds is 16. The Hall–Kier alpha value is -3.45. The van der Waals surface area contributed by atoms with Gasteiger partial charge in [-0.05, 0) is 77.2 Å². The SMILES string of the molecule is CC(C)(C)OC(=O)N[C@@H](CCCCC/C=C\C1C[C@@H]1C(=O)NS(=O)(=O)OCCc1ccccc1)C(=O)N1CCC[C@H]1C(N)=O. The van der Waals surface area contributed by atoms with Crippen LogP contribution in [0.2, 0.25) is 0 Å². The zero-order chi connectivity index (χ0) is 32.3. The van der Waals surface area contributed by atoms with Gasteiger partial charge >= 0.3 is 16.4 Å². The maximum atomic E-state index is 13.3. The van der Waals surface area contributed by atoms with Crippen LogP contribution in [0, 0.1) is 11.8 Å². The average Bonchev–Trinajstić information content (AvgIpc) is 3.54.